The van der Waals surface area contributed by atoms with Crippen molar-refractivity contribution in [1.82, 2.24) is 10.2 Å². The molecule has 1 aliphatic carbocycles. The number of piperidine rings is 1. The lowest BCUT2D eigenvalue weighted by Crippen LogP contribution is -2.60. The molecule has 3 fully saturated rings. The van der Waals surface area contributed by atoms with Crippen LogP contribution in [0.1, 0.15) is 32.1 Å². The molecule has 17 heavy (non-hydrogen) atoms. The third-order valence-corrected chi connectivity index (χ3v) is 4.45. The number of nitrogens with zero attached hydrogens (tertiary/aromatic N) is 1. The van der Waals surface area contributed by atoms with Gasteiger partial charge >= 0.3 is 0 Å². The first kappa shape index (κ1) is 11.5. The number of morpholine rings is 1. The fourth-order valence-corrected chi connectivity index (χ4v) is 3.14. The van der Waals surface area contributed by atoms with Crippen LogP contribution in [0, 0.1) is 5.92 Å². The topological polar surface area (TPSA) is 41.6 Å². The van der Waals surface area contributed by atoms with Gasteiger partial charge in [-0.2, -0.15) is 0 Å². The Morgan fingerprint density at radius 2 is 2.24 bits per heavy atom. The molecule has 3 aliphatic rings. The predicted molar refractivity (Wildman–Crippen MR) is 64.7 cm³/mol. The first-order valence-electron chi connectivity index (χ1n) is 6.93. The van der Waals surface area contributed by atoms with E-state index in [1.54, 1.807) is 0 Å². The van der Waals surface area contributed by atoms with Crippen LogP contribution in [0.2, 0.25) is 0 Å². The summed E-state index contributed by atoms with van der Waals surface area (Å²) in [5.74, 6) is 0.700. The van der Waals surface area contributed by atoms with Crippen LogP contribution in [0.4, 0.5) is 0 Å². The molecule has 1 saturated carbocycles. The second kappa shape index (κ2) is 4.58. The Morgan fingerprint density at radius 1 is 1.35 bits per heavy atom. The van der Waals surface area contributed by atoms with E-state index < -0.39 is 0 Å². The number of hydrogen-bond acceptors (Lipinski definition) is 3. The molecular formula is C13H22N2O2. The predicted octanol–water partition coefficient (Wildman–Crippen LogP) is 0.767. The highest BCUT2D eigenvalue weighted by molar-refractivity contribution is 5.79. The van der Waals surface area contributed by atoms with Gasteiger partial charge in [-0.05, 0) is 32.2 Å². The maximum absolute atomic E-state index is 12.3. The minimum Gasteiger partial charge on any atom is -0.370 e. The van der Waals surface area contributed by atoms with Crippen molar-refractivity contribution in [3.8, 4) is 0 Å². The molecule has 0 aromatic rings. The highest BCUT2D eigenvalue weighted by atomic mass is 16.5. The van der Waals surface area contributed by atoms with Gasteiger partial charge in [-0.25, -0.2) is 0 Å². The number of nitrogens with one attached hydrogen (secondary N) is 1. The molecular weight excluding hydrogens is 216 g/mol. The number of hydrogen-bond donors (Lipinski definition) is 1. The molecule has 1 N–H and O–H groups in total. The van der Waals surface area contributed by atoms with Crippen LogP contribution in [-0.2, 0) is 9.53 Å². The highest BCUT2D eigenvalue weighted by Gasteiger charge is 2.41. The van der Waals surface area contributed by atoms with Gasteiger partial charge in [0, 0.05) is 19.0 Å². The van der Waals surface area contributed by atoms with Crippen LogP contribution in [0.25, 0.3) is 0 Å². The summed E-state index contributed by atoms with van der Waals surface area (Å²) >= 11 is 0. The van der Waals surface area contributed by atoms with Gasteiger partial charge in [-0.1, -0.05) is 6.42 Å². The highest BCUT2D eigenvalue weighted by Crippen LogP contribution is 2.31. The van der Waals surface area contributed by atoms with Gasteiger partial charge in [0.25, 0.3) is 0 Å². The first-order chi connectivity index (χ1) is 8.29. The third kappa shape index (κ3) is 2.20. The van der Waals surface area contributed by atoms with Crippen molar-refractivity contribution in [2.45, 2.75) is 37.7 Å². The smallest absolute Gasteiger partial charge is 0.225 e. The lowest BCUT2D eigenvalue weighted by molar-refractivity contribution is -0.159. The van der Waals surface area contributed by atoms with Gasteiger partial charge in [0.1, 0.15) is 0 Å². The molecule has 1 unspecified atom stereocenters. The van der Waals surface area contributed by atoms with Crippen LogP contribution in [0.15, 0.2) is 0 Å². The summed E-state index contributed by atoms with van der Waals surface area (Å²) in [5, 5.41) is 3.40. The van der Waals surface area contributed by atoms with Gasteiger partial charge in [0.15, 0.2) is 0 Å². The Kier molecular flexibility index (Phi) is 3.09. The quantitative estimate of drug-likeness (QED) is 0.733. The van der Waals surface area contributed by atoms with Crippen LogP contribution in [0.5, 0.6) is 0 Å². The molecule has 0 bridgehead atoms. The Balaban J connectivity index is 1.64. The van der Waals surface area contributed by atoms with Crippen molar-refractivity contribution >= 4 is 5.91 Å². The lowest BCUT2D eigenvalue weighted by Gasteiger charge is -2.46. The van der Waals surface area contributed by atoms with Crippen LogP contribution < -0.4 is 5.32 Å². The minimum atomic E-state index is -0.0874. The molecule has 1 spiro atoms. The first-order valence-corrected chi connectivity index (χ1v) is 6.93. The van der Waals surface area contributed by atoms with E-state index >= 15 is 0 Å². The number of ether oxygens (including phenoxy) is 1. The fourth-order valence-electron chi connectivity index (χ4n) is 3.14. The van der Waals surface area contributed by atoms with Crippen molar-refractivity contribution in [3.63, 3.8) is 0 Å². The van der Waals surface area contributed by atoms with E-state index in [-0.39, 0.29) is 5.60 Å². The van der Waals surface area contributed by atoms with Crippen LogP contribution in [0.3, 0.4) is 0 Å². The molecule has 0 aromatic carbocycles. The summed E-state index contributed by atoms with van der Waals surface area (Å²) in [7, 11) is 0. The van der Waals surface area contributed by atoms with Crippen molar-refractivity contribution in [3.05, 3.63) is 0 Å². The van der Waals surface area contributed by atoms with Gasteiger partial charge < -0.3 is 15.0 Å². The molecule has 2 aliphatic heterocycles. The Morgan fingerprint density at radius 3 is 2.88 bits per heavy atom. The van der Waals surface area contributed by atoms with E-state index in [1.807, 2.05) is 0 Å². The second-order valence-corrected chi connectivity index (χ2v) is 5.70. The summed E-state index contributed by atoms with van der Waals surface area (Å²) < 4.78 is 5.96. The zero-order valence-corrected chi connectivity index (χ0v) is 10.4. The normalized spacial score (nSPS) is 34.7. The Bertz CT molecular complexity index is 290. The molecule has 0 aromatic heterocycles. The summed E-state index contributed by atoms with van der Waals surface area (Å²) in [5.41, 5.74) is -0.0874. The van der Waals surface area contributed by atoms with Crippen molar-refractivity contribution in [2.75, 3.05) is 32.8 Å². The average Bonchev–Trinajstić information content (AvgIpc) is 2.28. The summed E-state index contributed by atoms with van der Waals surface area (Å²) in [6, 6.07) is 0. The largest absolute Gasteiger partial charge is 0.370 e. The van der Waals surface area contributed by atoms with Crippen molar-refractivity contribution < 1.29 is 9.53 Å². The molecule has 1 amide bonds. The number of amides is 1. The molecule has 1 atom stereocenters. The van der Waals surface area contributed by atoms with Crippen molar-refractivity contribution in [1.29, 1.82) is 0 Å². The molecule has 96 valence electrons. The molecule has 4 nitrogen and oxygen atoms in total. The molecule has 2 saturated heterocycles. The van der Waals surface area contributed by atoms with E-state index in [2.05, 4.69) is 10.2 Å². The molecule has 3 rings (SSSR count). The van der Waals surface area contributed by atoms with E-state index in [4.69, 9.17) is 4.74 Å². The average molecular weight is 238 g/mol. The van der Waals surface area contributed by atoms with Crippen LogP contribution in [-0.4, -0.2) is 49.2 Å². The van der Waals surface area contributed by atoms with Crippen molar-refractivity contribution in [2.24, 2.45) is 5.92 Å². The fraction of sp³-hybridized carbons (Fsp3) is 0.923. The molecule has 2 heterocycles. The monoisotopic (exact) mass is 238 g/mol. The SMILES string of the molecule is O=C(C1CCC1)N1CCOC2(CCCNC2)C1. The zero-order chi connectivity index (χ0) is 11.7. The Hall–Kier alpha value is -0.610. The number of carbonyl (C=O) groups excluding carboxylic acids is 1. The van der Waals surface area contributed by atoms with Gasteiger partial charge in [0.2, 0.25) is 5.91 Å². The van der Waals surface area contributed by atoms with Gasteiger partial charge in [-0.3, -0.25) is 4.79 Å². The summed E-state index contributed by atoms with van der Waals surface area (Å²) in [6.07, 6.45) is 5.68. The number of carbonyl (C=O) groups is 1. The summed E-state index contributed by atoms with van der Waals surface area (Å²) in [4.78, 5) is 14.3. The maximum atomic E-state index is 12.3. The van der Waals surface area contributed by atoms with E-state index in [0.29, 0.717) is 18.4 Å². The third-order valence-electron chi connectivity index (χ3n) is 4.45. The minimum absolute atomic E-state index is 0.0874. The molecule has 4 heteroatoms. The van der Waals surface area contributed by atoms with E-state index in [0.717, 1.165) is 51.9 Å². The standard InChI is InChI=1S/C13H22N2O2/c16-12(11-3-1-4-11)15-7-8-17-13(10-15)5-2-6-14-9-13/h11,14H,1-10H2. The summed E-state index contributed by atoms with van der Waals surface area (Å²) in [6.45, 7) is 4.29. The zero-order valence-electron chi connectivity index (χ0n) is 10.4. The lowest BCUT2D eigenvalue weighted by atomic mass is 9.83. The van der Waals surface area contributed by atoms with E-state index in [1.165, 1.54) is 6.42 Å². The van der Waals surface area contributed by atoms with E-state index in [9.17, 15) is 4.79 Å². The maximum Gasteiger partial charge on any atom is 0.225 e. The Labute approximate surface area is 103 Å². The number of rotatable bonds is 1. The second-order valence-electron chi connectivity index (χ2n) is 5.70. The van der Waals surface area contributed by atoms with Gasteiger partial charge in [-0.15, -0.1) is 0 Å². The van der Waals surface area contributed by atoms with Crippen LogP contribution >= 0.6 is 0 Å². The molecule has 0 radical (unpaired) electrons. The van der Waals surface area contributed by atoms with Gasteiger partial charge in [0.05, 0.1) is 18.8 Å².